The molecular weight excluding hydrogens is 285 g/mol. The van der Waals surface area contributed by atoms with E-state index >= 15 is 0 Å². The Morgan fingerprint density at radius 1 is 1.06 bits per heavy atom. The molecular formula is C9H9ClF5NO2. The number of alkyl halides is 5. The maximum absolute atomic E-state index is 12.9. The second-order valence-corrected chi connectivity index (χ2v) is 3.34. The molecule has 1 aromatic carbocycles. The zero-order valence-electron chi connectivity index (χ0n) is 8.58. The fourth-order valence-electron chi connectivity index (χ4n) is 1.16. The summed E-state index contributed by atoms with van der Waals surface area (Å²) in [4.78, 5) is 0. The molecule has 0 aliphatic rings. The number of benzene rings is 1. The van der Waals surface area contributed by atoms with Crippen molar-refractivity contribution >= 4 is 12.4 Å². The Bertz CT molecular complexity index is 424. The summed E-state index contributed by atoms with van der Waals surface area (Å²) in [7, 11) is 0. The molecule has 0 saturated carbocycles. The monoisotopic (exact) mass is 293 g/mol. The lowest BCUT2D eigenvalue weighted by Gasteiger charge is -2.26. The predicted molar refractivity (Wildman–Crippen MR) is 55.0 cm³/mol. The summed E-state index contributed by atoms with van der Waals surface area (Å²) in [5.74, 6) is -6.64. The second kappa shape index (κ2) is 5.15. The van der Waals surface area contributed by atoms with Crippen LogP contribution in [-0.4, -0.2) is 22.3 Å². The Balaban J connectivity index is 0.00000289. The summed E-state index contributed by atoms with van der Waals surface area (Å²) in [5, 5.41) is 18.1. The SMILES string of the molecule is Cl.N[C@H](c1cc(O)ccc1O)C(F)(F)C(F)(F)F. The summed E-state index contributed by atoms with van der Waals surface area (Å²) in [6, 6.07) is -0.539. The van der Waals surface area contributed by atoms with Crippen molar-refractivity contribution in [2.24, 2.45) is 5.73 Å². The van der Waals surface area contributed by atoms with E-state index in [0.717, 1.165) is 12.1 Å². The number of nitrogens with two attached hydrogens (primary N) is 1. The van der Waals surface area contributed by atoms with Gasteiger partial charge in [0.2, 0.25) is 0 Å². The fourth-order valence-corrected chi connectivity index (χ4v) is 1.16. The van der Waals surface area contributed by atoms with Crippen LogP contribution in [0.15, 0.2) is 18.2 Å². The van der Waals surface area contributed by atoms with Gasteiger partial charge in [0.1, 0.15) is 17.5 Å². The van der Waals surface area contributed by atoms with Crippen molar-refractivity contribution in [1.29, 1.82) is 0 Å². The van der Waals surface area contributed by atoms with Gasteiger partial charge < -0.3 is 15.9 Å². The van der Waals surface area contributed by atoms with Crippen molar-refractivity contribution < 1.29 is 32.2 Å². The molecule has 0 spiro atoms. The molecule has 0 amide bonds. The minimum absolute atomic E-state index is 0. The Morgan fingerprint density at radius 3 is 2.00 bits per heavy atom. The van der Waals surface area contributed by atoms with E-state index < -0.39 is 35.2 Å². The van der Waals surface area contributed by atoms with E-state index in [-0.39, 0.29) is 12.4 Å². The smallest absolute Gasteiger partial charge is 0.455 e. The van der Waals surface area contributed by atoms with Crippen LogP contribution in [0.25, 0.3) is 0 Å². The summed E-state index contributed by atoms with van der Waals surface area (Å²) < 4.78 is 61.8. The first-order valence-electron chi connectivity index (χ1n) is 4.29. The third-order valence-electron chi connectivity index (χ3n) is 2.11. The molecule has 0 aliphatic heterocycles. The highest BCUT2D eigenvalue weighted by molar-refractivity contribution is 5.85. The third-order valence-corrected chi connectivity index (χ3v) is 2.11. The van der Waals surface area contributed by atoms with Gasteiger partial charge in [-0.1, -0.05) is 0 Å². The molecule has 0 fully saturated rings. The zero-order chi connectivity index (χ0) is 13.4. The Morgan fingerprint density at radius 2 is 1.56 bits per heavy atom. The Kier molecular flexibility index (Phi) is 4.78. The number of phenols is 2. The van der Waals surface area contributed by atoms with Gasteiger partial charge in [0.15, 0.2) is 0 Å². The molecule has 0 saturated heterocycles. The largest absolute Gasteiger partial charge is 0.508 e. The number of hydrogen-bond acceptors (Lipinski definition) is 3. The van der Waals surface area contributed by atoms with Crippen LogP contribution < -0.4 is 5.73 Å². The number of phenolic OH excluding ortho intramolecular Hbond substituents is 2. The molecule has 104 valence electrons. The van der Waals surface area contributed by atoms with Gasteiger partial charge in [-0.25, -0.2) is 0 Å². The van der Waals surface area contributed by atoms with E-state index in [1.165, 1.54) is 0 Å². The van der Waals surface area contributed by atoms with Gasteiger partial charge in [-0.15, -0.1) is 12.4 Å². The van der Waals surface area contributed by atoms with Crippen LogP contribution in [0.4, 0.5) is 22.0 Å². The summed E-state index contributed by atoms with van der Waals surface area (Å²) in [6.45, 7) is 0. The van der Waals surface area contributed by atoms with Crippen molar-refractivity contribution in [2.75, 3.05) is 0 Å². The van der Waals surface area contributed by atoms with E-state index in [4.69, 9.17) is 15.9 Å². The van der Waals surface area contributed by atoms with Crippen LogP contribution in [0, 0.1) is 0 Å². The first kappa shape index (κ1) is 16.7. The first-order chi connectivity index (χ1) is 7.57. The average molecular weight is 294 g/mol. The molecule has 3 nitrogen and oxygen atoms in total. The molecule has 9 heteroatoms. The highest BCUT2D eigenvalue weighted by Crippen LogP contribution is 2.45. The highest BCUT2D eigenvalue weighted by atomic mass is 35.5. The topological polar surface area (TPSA) is 66.5 Å². The van der Waals surface area contributed by atoms with E-state index in [1.807, 2.05) is 0 Å². The standard InChI is InChI=1S/C9H8F5NO2.ClH/c10-8(11,9(12,13)14)7(15)5-3-4(16)1-2-6(5)17;/h1-3,7,16-17H,15H2;1H/t7-;/m1./s1. The maximum Gasteiger partial charge on any atom is 0.455 e. The van der Waals surface area contributed by atoms with Crippen LogP contribution in [0.5, 0.6) is 11.5 Å². The molecule has 0 unspecified atom stereocenters. The van der Waals surface area contributed by atoms with Crippen molar-refractivity contribution in [1.82, 2.24) is 0 Å². The van der Waals surface area contributed by atoms with Gasteiger partial charge in [0.05, 0.1) is 0 Å². The lowest BCUT2D eigenvalue weighted by molar-refractivity contribution is -0.291. The van der Waals surface area contributed by atoms with Crippen LogP contribution in [0.1, 0.15) is 11.6 Å². The average Bonchev–Trinajstić information content (AvgIpc) is 2.19. The molecule has 4 N–H and O–H groups in total. The minimum Gasteiger partial charge on any atom is -0.508 e. The van der Waals surface area contributed by atoms with E-state index in [9.17, 15) is 22.0 Å². The summed E-state index contributed by atoms with van der Waals surface area (Å²) in [5.41, 5.74) is 3.91. The number of aromatic hydroxyl groups is 2. The van der Waals surface area contributed by atoms with Crippen molar-refractivity contribution in [3.05, 3.63) is 23.8 Å². The first-order valence-corrected chi connectivity index (χ1v) is 4.29. The van der Waals surface area contributed by atoms with E-state index in [2.05, 4.69) is 0 Å². The van der Waals surface area contributed by atoms with Crippen LogP contribution >= 0.6 is 12.4 Å². The number of halogens is 6. The van der Waals surface area contributed by atoms with Crippen molar-refractivity contribution in [3.8, 4) is 11.5 Å². The molecule has 1 aromatic rings. The molecule has 1 atom stereocenters. The molecule has 1 rings (SSSR count). The second-order valence-electron chi connectivity index (χ2n) is 3.34. The van der Waals surface area contributed by atoms with Gasteiger partial charge in [-0.3, -0.25) is 0 Å². The van der Waals surface area contributed by atoms with Crippen molar-refractivity contribution in [3.63, 3.8) is 0 Å². The van der Waals surface area contributed by atoms with Crippen LogP contribution in [0.3, 0.4) is 0 Å². The Hall–Kier alpha value is -1.28. The molecule has 0 radical (unpaired) electrons. The van der Waals surface area contributed by atoms with Gasteiger partial charge in [0.25, 0.3) is 0 Å². The summed E-state index contributed by atoms with van der Waals surface area (Å²) in [6.07, 6.45) is -5.84. The lowest BCUT2D eigenvalue weighted by atomic mass is 10.00. The molecule has 18 heavy (non-hydrogen) atoms. The van der Waals surface area contributed by atoms with Crippen LogP contribution in [0.2, 0.25) is 0 Å². The number of rotatable bonds is 2. The molecule has 0 heterocycles. The van der Waals surface area contributed by atoms with Gasteiger partial charge in [-0.05, 0) is 18.2 Å². The highest BCUT2D eigenvalue weighted by Gasteiger charge is 2.62. The molecule has 0 aliphatic carbocycles. The quantitative estimate of drug-likeness (QED) is 0.580. The Labute approximate surface area is 104 Å². The van der Waals surface area contributed by atoms with Gasteiger partial charge in [-0.2, -0.15) is 22.0 Å². The van der Waals surface area contributed by atoms with E-state index in [0.29, 0.717) is 6.07 Å². The predicted octanol–water partition coefficient (Wildman–Crippen LogP) is 2.72. The van der Waals surface area contributed by atoms with Crippen LogP contribution in [-0.2, 0) is 0 Å². The van der Waals surface area contributed by atoms with Gasteiger partial charge in [0, 0.05) is 5.56 Å². The zero-order valence-corrected chi connectivity index (χ0v) is 9.40. The summed E-state index contributed by atoms with van der Waals surface area (Å²) >= 11 is 0. The third kappa shape index (κ3) is 2.94. The molecule has 0 aromatic heterocycles. The van der Waals surface area contributed by atoms with Gasteiger partial charge >= 0.3 is 12.1 Å². The molecule has 0 bridgehead atoms. The lowest BCUT2D eigenvalue weighted by Crippen LogP contribution is -2.45. The maximum atomic E-state index is 12.9. The van der Waals surface area contributed by atoms with Crippen molar-refractivity contribution in [2.45, 2.75) is 18.1 Å². The number of hydrogen-bond donors (Lipinski definition) is 3. The normalized spacial score (nSPS) is 13.9. The van der Waals surface area contributed by atoms with E-state index in [1.54, 1.807) is 0 Å². The minimum atomic E-state index is -5.84. The fraction of sp³-hybridized carbons (Fsp3) is 0.333.